The average Bonchev–Trinajstić information content (AvgIpc) is 2.71. The number of hydrogen-bond donors (Lipinski definition) is 2. The minimum absolute atomic E-state index is 0.282. The summed E-state index contributed by atoms with van der Waals surface area (Å²) in [6.07, 6.45) is 1.20. The van der Waals surface area contributed by atoms with Gasteiger partial charge in [0.2, 0.25) is 5.95 Å². The van der Waals surface area contributed by atoms with Gasteiger partial charge in [0.1, 0.15) is 0 Å². The number of aromatic nitrogens is 2. The fourth-order valence-corrected chi connectivity index (χ4v) is 2.78. The molecule has 1 aliphatic rings. The topological polar surface area (TPSA) is 49.8 Å². The van der Waals surface area contributed by atoms with Gasteiger partial charge in [0, 0.05) is 13.1 Å². The van der Waals surface area contributed by atoms with Gasteiger partial charge in [0.25, 0.3) is 0 Å². The summed E-state index contributed by atoms with van der Waals surface area (Å²) in [6.45, 7) is 12.4. The summed E-state index contributed by atoms with van der Waals surface area (Å²) in [4.78, 5) is 8.04. The van der Waals surface area contributed by atoms with Crippen molar-refractivity contribution < 1.29 is 4.39 Å². The molecule has 0 saturated heterocycles. The molecule has 0 amide bonds. The lowest BCUT2D eigenvalue weighted by Gasteiger charge is -2.09. The molecule has 0 bridgehead atoms. The van der Waals surface area contributed by atoms with E-state index in [9.17, 15) is 4.39 Å². The van der Waals surface area contributed by atoms with E-state index < -0.39 is 5.82 Å². The van der Waals surface area contributed by atoms with E-state index in [0.29, 0.717) is 18.4 Å². The molecule has 1 heterocycles. The molecule has 0 radical (unpaired) electrons. The standard InChI is InChI=1S/C14H23FN4/c1-6-16-12-18-7-9(15)11(19-12)17-8-10-13(2,3)14(10,4)5/h7,10H,6,8H2,1-5H3,(H2,16,17,18,19). The Morgan fingerprint density at radius 3 is 2.37 bits per heavy atom. The van der Waals surface area contributed by atoms with Crippen molar-refractivity contribution in [3.05, 3.63) is 12.0 Å². The van der Waals surface area contributed by atoms with Crippen LogP contribution < -0.4 is 10.6 Å². The van der Waals surface area contributed by atoms with Gasteiger partial charge in [-0.1, -0.05) is 27.7 Å². The quantitative estimate of drug-likeness (QED) is 0.859. The van der Waals surface area contributed by atoms with Gasteiger partial charge in [0.05, 0.1) is 6.20 Å². The van der Waals surface area contributed by atoms with Gasteiger partial charge in [-0.2, -0.15) is 4.98 Å². The fourth-order valence-electron chi connectivity index (χ4n) is 2.78. The van der Waals surface area contributed by atoms with Gasteiger partial charge >= 0.3 is 0 Å². The van der Waals surface area contributed by atoms with E-state index in [4.69, 9.17) is 0 Å². The van der Waals surface area contributed by atoms with Crippen LogP contribution in [0, 0.1) is 22.6 Å². The summed E-state index contributed by atoms with van der Waals surface area (Å²) >= 11 is 0. The number of halogens is 1. The van der Waals surface area contributed by atoms with Crippen LogP contribution in [0.15, 0.2) is 6.20 Å². The predicted molar refractivity (Wildman–Crippen MR) is 75.7 cm³/mol. The highest BCUT2D eigenvalue weighted by Crippen LogP contribution is 2.68. The van der Waals surface area contributed by atoms with Crippen molar-refractivity contribution in [2.24, 2.45) is 16.7 Å². The third kappa shape index (κ3) is 2.38. The molecule has 4 nitrogen and oxygen atoms in total. The first-order chi connectivity index (χ1) is 8.80. The van der Waals surface area contributed by atoms with E-state index in [0.717, 1.165) is 6.54 Å². The first-order valence-electron chi connectivity index (χ1n) is 6.81. The highest BCUT2D eigenvalue weighted by molar-refractivity contribution is 5.41. The predicted octanol–water partition coefficient (Wildman–Crippen LogP) is 3.14. The van der Waals surface area contributed by atoms with Gasteiger partial charge in [-0.15, -0.1) is 0 Å². The minimum Gasteiger partial charge on any atom is -0.367 e. The van der Waals surface area contributed by atoms with Gasteiger partial charge in [0.15, 0.2) is 11.6 Å². The van der Waals surface area contributed by atoms with Crippen LogP contribution in [-0.2, 0) is 0 Å². The fraction of sp³-hybridized carbons (Fsp3) is 0.714. The maximum Gasteiger partial charge on any atom is 0.224 e. The highest BCUT2D eigenvalue weighted by Gasteiger charge is 2.64. The summed E-state index contributed by atoms with van der Waals surface area (Å²) in [5.74, 6) is 0.861. The number of anilines is 2. The zero-order chi connectivity index (χ0) is 14.3. The lowest BCUT2D eigenvalue weighted by Crippen LogP contribution is -2.12. The first kappa shape index (κ1) is 14.0. The van der Waals surface area contributed by atoms with Crippen LogP contribution in [0.1, 0.15) is 34.6 Å². The Morgan fingerprint density at radius 2 is 1.84 bits per heavy atom. The van der Waals surface area contributed by atoms with Crippen LogP contribution in [0.3, 0.4) is 0 Å². The second-order valence-electron chi connectivity index (χ2n) is 6.30. The molecule has 0 aromatic carbocycles. The Labute approximate surface area is 114 Å². The van der Waals surface area contributed by atoms with E-state index in [2.05, 4.69) is 48.3 Å². The Hall–Kier alpha value is -1.39. The molecular weight excluding hydrogens is 243 g/mol. The summed E-state index contributed by atoms with van der Waals surface area (Å²) < 4.78 is 13.7. The zero-order valence-electron chi connectivity index (χ0n) is 12.3. The van der Waals surface area contributed by atoms with Crippen molar-refractivity contribution in [2.75, 3.05) is 23.7 Å². The molecule has 5 heteroatoms. The number of hydrogen-bond acceptors (Lipinski definition) is 4. The Balaban J connectivity index is 2.02. The normalized spacial score (nSPS) is 20.1. The van der Waals surface area contributed by atoms with E-state index in [-0.39, 0.29) is 16.6 Å². The van der Waals surface area contributed by atoms with Crippen LogP contribution in [-0.4, -0.2) is 23.1 Å². The van der Waals surface area contributed by atoms with Gasteiger partial charge in [-0.3, -0.25) is 0 Å². The molecule has 0 spiro atoms. The summed E-state index contributed by atoms with van der Waals surface area (Å²) in [6, 6.07) is 0. The monoisotopic (exact) mass is 266 g/mol. The van der Waals surface area contributed by atoms with E-state index in [1.807, 2.05) is 6.92 Å². The number of nitrogens with one attached hydrogen (secondary N) is 2. The molecule has 1 aromatic rings. The third-order valence-electron chi connectivity index (χ3n) is 4.87. The lowest BCUT2D eigenvalue weighted by atomic mass is 10.0. The molecule has 106 valence electrons. The summed E-state index contributed by atoms with van der Waals surface area (Å²) in [5.41, 5.74) is 0.571. The second kappa shape index (κ2) is 4.62. The SMILES string of the molecule is CCNc1ncc(F)c(NCC2C(C)(C)C2(C)C)n1. The summed E-state index contributed by atoms with van der Waals surface area (Å²) in [7, 11) is 0. The summed E-state index contributed by atoms with van der Waals surface area (Å²) in [5, 5.41) is 6.10. The first-order valence-corrected chi connectivity index (χ1v) is 6.81. The molecule has 2 N–H and O–H groups in total. The van der Waals surface area contributed by atoms with Crippen molar-refractivity contribution in [2.45, 2.75) is 34.6 Å². The smallest absolute Gasteiger partial charge is 0.224 e. The molecule has 0 unspecified atom stereocenters. The van der Waals surface area contributed by atoms with Crippen molar-refractivity contribution >= 4 is 11.8 Å². The molecule has 1 fully saturated rings. The zero-order valence-corrected chi connectivity index (χ0v) is 12.3. The van der Waals surface area contributed by atoms with Crippen LogP contribution in [0.4, 0.5) is 16.2 Å². The molecule has 0 atom stereocenters. The molecule has 0 aliphatic heterocycles. The maximum absolute atomic E-state index is 13.7. The van der Waals surface area contributed by atoms with E-state index in [1.54, 1.807) is 0 Å². The third-order valence-corrected chi connectivity index (χ3v) is 4.87. The molecule has 1 aromatic heterocycles. The van der Waals surface area contributed by atoms with E-state index >= 15 is 0 Å². The second-order valence-corrected chi connectivity index (χ2v) is 6.30. The van der Waals surface area contributed by atoms with Crippen LogP contribution >= 0.6 is 0 Å². The largest absolute Gasteiger partial charge is 0.367 e. The van der Waals surface area contributed by atoms with Crippen molar-refractivity contribution in [1.29, 1.82) is 0 Å². The molecule has 2 rings (SSSR count). The highest BCUT2D eigenvalue weighted by atomic mass is 19.1. The van der Waals surface area contributed by atoms with Crippen molar-refractivity contribution in [3.63, 3.8) is 0 Å². The van der Waals surface area contributed by atoms with Gasteiger partial charge in [-0.25, -0.2) is 9.37 Å². The van der Waals surface area contributed by atoms with Crippen molar-refractivity contribution in [3.8, 4) is 0 Å². The average molecular weight is 266 g/mol. The minimum atomic E-state index is -0.405. The number of rotatable bonds is 5. The maximum atomic E-state index is 13.7. The van der Waals surface area contributed by atoms with Gasteiger partial charge in [-0.05, 0) is 23.7 Å². The molecule has 19 heavy (non-hydrogen) atoms. The van der Waals surface area contributed by atoms with Gasteiger partial charge < -0.3 is 10.6 Å². The van der Waals surface area contributed by atoms with Crippen molar-refractivity contribution in [1.82, 2.24) is 9.97 Å². The molecule has 1 aliphatic carbocycles. The Bertz CT molecular complexity index is 457. The van der Waals surface area contributed by atoms with Crippen LogP contribution in [0.5, 0.6) is 0 Å². The van der Waals surface area contributed by atoms with Crippen LogP contribution in [0.2, 0.25) is 0 Å². The molecular formula is C14H23FN4. The Kier molecular flexibility index (Phi) is 3.41. The van der Waals surface area contributed by atoms with Crippen LogP contribution in [0.25, 0.3) is 0 Å². The molecule has 1 saturated carbocycles. The lowest BCUT2D eigenvalue weighted by molar-refractivity contribution is 0.457. The number of nitrogens with zero attached hydrogens (tertiary/aromatic N) is 2. The van der Waals surface area contributed by atoms with E-state index in [1.165, 1.54) is 6.20 Å². The Morgan fingerprint density at radius 1 is 1.21 bits per heavy atom.